The molecule has 0 aromatic heterocycles. The SMILES string of the molecule is COC(=O)[C@H]([Se][C@@H]1C(=O)[C@]2(C)CC[C@H]1C2(C)C)[C@@H](O)c1ccccc1. The summed E-state index contributed by atoms with van der Waals surface area (Å²) in [6.45, 7) is 6.44. The number of aliphatic hydroxyl groups is 1. The number of esters is 1. The summed E-state index contributed by atoms with van der Waals surface area (Å²) < 4.78 is 4.96. The van der Waals surface area contributed by atoms with E-state index in [9.17, 15) is 14.7 Å². The maximum absolute atomic E-state index is 13.1. The van der Waals surface area contributed by atoms with Gasteiger partial charge in [-0.15, -0.1) is 0 Å². The molecule has 0 amide bonds. The number of ketones is 1. The maximum atomic E-state index is 13.1. The number of hydrogen-bond acceptors (Lipinski definition) is 4. The van der Waals surface area contributed by atoms with Crippen LogP contribution in [0.2, 0.25) is 9.63 Å². The summed E-state index contributed by atoms with van der Waals surface area (Å²) in [7, 11) is 1.34. The molecule has 4 nitrogen and oxygen atoms in total. The van der Waals surface area contributed by atoms with Crippen molar-refractivity contribution in [1.82, 2.24) is 0 Å². The third-order valence-corrected chi connectivity index (χ3v) is 9.94. The summed E-state index contributed by atoms with van der Waals surface area (Å²) in [5.74, 6) is 0.151. The third-order valence-electron chi connectivity index (χ3n) is 6.63. The van der Waals surface area contributed by atoms with Crippen LogP contribution in [0.3, 0.4) is 0 Å². The van der Waals surface area contributed by atoms with E-state index < -0.39 is 16.9 Å². The molecule has 1 aromatic rings. The van der Waals surface area contributed by atoms with Crippen molar-refractivity contribution in [2.24, 2.45) is 16.7 Å². The van der Waals surface area contributed by atoms with Crippen molar-refractivity contribution >= 4 is 26.7 Å². The number of ether oxygens (including phenoxy) is 1. The number of rotatable bonds is 5. The summed E-state index contributed by atoms with van der Waals surface area (Å²) in [6.07, 6.45) is 1.02. The molecule has 0 aliphatic heterocycles. The fourth-order valence-corrected chi connectivity index (χ4v) is 8.46. The number of fused-ring (bicyclic) bond motifs is 2. The first-order valence-electron chi connectivity index (χ1n) is 8.74. The average Bonchev–Trinajstić information content (AvgIpc) is 2.92. The van der Waals surface area contributed by atoms with Crippen molar-refractivity contribution in [2.75, 3.05) is 7.11 Å². The zero-order chi connectivity index (χ0) is 18.4. The van der Waals surface area contributed by atoms with E-state index in [2.05, 4.69) is 20.8 Å². The predicted octanol–water partition coefficient (Wildman–Crippen LogP) is 3.20. The van der Waals surface area contributed by atoms with Crippen molar-refractivity contribution < 1.29 is 19.4 Å². The summed E-state index contributed by atoms with van der Waals surface area (Å²) in [5, 5.41) is 10.8. The van der Waals surface area contributed by atoms with Crippen molar-refractivity contribution in [2.45, 2.75) is 49.3 Å². The molecule has 0 radical (unpaired) electrons. The zero-order valence-corrected chi connectivity index (χ0v) is 16.9. The Kier molecular flexibility index (Phi) is 4.87. The molecule has 0 unspecified atom stereocenters. The van der Waals surface area contributed by atoms with Gasteiger partial charge in [0.25, 0.3) is 0 Å². The Morgan fingerprint density at radius 2 is 1.92 bits per heavy atom. The first-order valence-corrected chi connectivity index (χ1v) is 10.7. The van der Waals surface area contributed by atoms with Gasteiger partial charge >= 0.3 is 155 Å². The minimum absolute atomic E-state index is 0.0468. The molecule has 1 aromatic carbocycles. The van der Waals surface area contributed by atoms with E-state index in [-0.39, 0.29) is 36.4 Å². The van der Waals surface area contributed by atoms with Crippen molar-refractivity contribution in [3.63, 3.8) is 0 Å². The van der Waals surface area contributed by atoms with Crippen LogP contribution in [-0.2, 0) is 14.3 Å². The molecule has 1 N–H and O–H groups in total. The van der Waals surface area contributed by atoms with Crippen LogP contribution in [0.25, 0.3) is 0 Å². The topological polar surface area (TPSA) is 63.6 Å². The van der Waals surface area contributed by atoms with Crippen molar-refractivity contribution in [3.05, 3.63) is 35.9 Å². The van der Waals surface area contributed by atoms with Crippen LogP contribution < -0.4 is 0 Å². The predicted molar refractivity (Wildman–Crippen MR) is 96.3 cm³/mol. The van der Waals surface area contributed by atoms with E-state index in [1.807, 2.05) is 30.3 Å². The third kappa shape index (κ3) is 2.77. The van der Waals surface area contributed by atoms with E-state index in [0.717, 1.165) is 12.8 Å². The van der Waals surface area contributed by atoms with E-state index in [1.165, 1.54) is 7.11 Å². The molecule has 136 valence electrons. The molecule has 5 atom stereocenters. The first-order chi connectivity index (χ1) is 11.7. The molecule has 2 aliphatic carbocycles. The molecule has 5 heteroatoms. The molecule has 25 heavy (non-hydrogen) atoms. The molecular formula is C20H26O4Se. The normalized spacial score (nSPS) is 32.4. The molecule has 2 fully saturated rings. The van der Waals surface area contributed by atoms with Gasteiger partial charge < -0.3 is 0 Å². The van der Waals surface area contributed by atoms with Gasteiger partial charge in [0, 0.05) is 0 Å². The second-order valence-electron chi connectivity index (χ2n) is 7.92. The number of aliphatic hydroxyl groups excluding tert-OH is 1. The minimum atomic E-state index is -0.934. The molecule has 0 saturated heterocycles. The molecular weight excluding hydrogens is 383 g/mol. The van der Waals surface area contributed by atoms with Crippen LogP contribution in [0.4, 0.5) is 0 Å². The van der Waals surface area contributed by atoms with Crippen LogP contribution >= 0.6 is 0 Å². The van der Waals surface area contributed by atoms with Gasteiger partial charge in [0.1, 0.15) is 0 Å². The van der Waals surface area contributed by atoms with Crippen LogP contribution in [-0.4, -0.2) is 38.9 Å². The second kappa shape index (κ2) is 6.53. The van der Waals surface area contributed by atoms with Gasteiger partial charge in [0.15, 0.2) is 0 Å². The fourth-order valence-electron chi connectivity index (χ4n) is 4.52. The molecule has 2 bridgehead atoms. The Bertz CT molecular complexity index is 672. The fraction of sp³-hybridized carbons (Fsp3) is 0.600. The van der Waals surface area contributed by atoms with Crippen molar-refractivity contribution in [1.29, 1.82) is 0 Å². The van der Waals surface area contributed by atoms with Crippen LogP contribution in [0.15, 0.2) is 30.3 Å². The van der Waals surface area contributed by atoms with Crippen molar-refractivity contribution in [3.8, 4) is 0 Å². The van der Waals surface area contributed by atoms with Gasteiger partial charge in [-0.25, -0.2) is 0 Å². The van der Waals surface area contributed by atoms with Gasteiger partial charge in [0.05, 0.1) is 0 Å². The van der Waals surface area contributed by atoms with Crippen LogP contribution in [0, 0.1) is 16.7 Å². The van der Waals surface area contributed by atoms with Crippen LogP contribution in [0.5, 0.6) is 0 Å². The van der Waals surface area contributed by atoms with E-state index >= 15 is 0 Å². The van der Waals surface area contributed by atoms with E-state index in [1.54, 1.807) is 0 Å². The average molecular weight is 409 g/mol. The Labute approximate surface area is 155 Å². The number of carbonyl (C=O) groups is 2. The summed E-state index contributed by atoms with van der Waals surface area (Å²) in [4.78, 5) is 24.7. The number of benzene rings is 1. The summed E-state index contributed by atoms with van der Waals surface area (Å²) in [5.41, 5.74) is 0.345. The molecule has 2 saturated carbocycles. The Balaban J connectivity index is 1.87. The number of hydrogen-bond donors (Lipinski definition) is 1. The van der Waals surface area contributed by atoms with Gasteiger partial charge in [-0.3, -0.25) is 0 Å². The quantitative estimate of drug-likeness (QED) is 0.599. The van der Waals surface area contributed by atoms with Crippen LogP contribution in [0.1, 0.15) is 45.3 Å². The number of carbonyl (C=O) groups excluding carboxylic acids is 2. The van der Waals surface area contributed by atoms with Gasteiger partial charge in [-0.2, -0.15) is 0 Å². The Hall–Kier alpha value is -1.16. The number of methoxy groups -OCH3 is 1. The molecule has 0 spiro atoms. The standard InChI is InChI=1S/C20H26O4Se/c1-19(2)13-10-11-20(19,3)17(22)15(13)25-16(18(23)24-4)14(21)12-8-6-5-7-9-12/h5-9,13-16,21H,10-11H2,1-4H3/t13-,14+,15+,16-,20+/m1/s1. The first kappa shape index (κ1) is 18.6. The van der Waals surface area contributed by atoms with Gasteiger partial charge in [-0.05, 0) is 0 Å². The van der Waals surface area contributed by atoms with E-state index in [0.29, 0.717) is 11.5 Å². The van der Waals surface area contributed by atoms with Gasteiger partial charge in [-0.1, -0.05) is 0 Å². The summed E-state index contributed by atoms with van der Waals surface area (Å²) >= 11 is -0.348. The summed E-state index contributed by atoms with van der Waals surface area (Å²) in [6, 6.07) is 9.17. The van der Waals surface area contributed by atoms with E-state index in [4.69, 9.17) is 4.74 Å². The monoisotopic (exact) mass is 410 g/mol. The second-order valence-corrected chi connectivity index (χ2v) is 10.6. The molecule has 0 heterocycles. The Morgan fingerprint density at radius 3 is 2.44 bits per heavy atom. The van der Waals surface area contributed by atoms with Gasteiger partial charge in [0.2, 0.25) is 0 Å². The molecule has 2 aliphatic rings. The molecule has 3 rings (SSSR count). The Morgan fingerprint density at radius 1 is 1.28 bits per heavy atom. The zero-order valence-electron chi connectivity index (χ0n) is 15.2. The number of Topliss-reactive ketones (excluding diaryl/α,β-unsaturated/α-hetero) is 1.